The number of fused-ring (bicyclic) bond motifs is 2. The third-order valence-electron chi connectivity index (χ3n) is 5.74. The highest BCUT2D eigenvalue weighted by atomic mass is 32.1. The van der Waals surface area contributed by atoms with Crippen LogP contribution in [0.3, 0.4) is 0 Å². The fraction of sp³-hybridized carbons (Fsp3) is 0.348. The Bertz CT molecular complexity index is 1090. The zero-order valence-corrected chi connectivity index (χ0v) is 18.3. The highest BCUT2D eigenvalue weighted by Gasteiger charge is 2.28. The van der Waals surface area contributed by atoms with Gasteiger partial charge in [0.2, 0.25) is 6.10 Å². The number of piperidine rings is 1. The maximum absolute atomic E-state index is 12.3. The van der Waals surface area contributed by atoms with E-state index in [1.165, 1.54) is 9.71 Å². The molecule has 2 N–H and O–H groups in total. The van der Waals surface area contributed by atoms with Crippen LogP contribution in [0.1, 0.15) is 23.8 Å². The van der Waals surface area contributed by atoms with E-state index in [0.29, 0.717) is 17.4 Å². The van der Waals surface area contributed by atoms with Gasteiger partial charge in [0.25, 0.3) is 11.8 Å². The summed E-state index contributed by atoms with van der Waals surface area (Å²) in [7, 11) is 0. The molecule has 8 nitrogen and oxygen atoms in total. The van der Waals surface area contributed by atoms with Crippen molar-refractivity contribution in [3.05, 3.63) is 53.5 Å². The number of rotatable bonds is 4. The molecule has 0 radical (unpaired) electrons. The highest BCUT2D eigenvalue weighted by Crippen LogP contribution is 2.34. The molecule has 1 atom stereocenters. The molecular formula is C23H24N4O4S. The molecule has 2 aliphatic rings. The number of carbonyl (C=O) groups excluding carboxylic acids is 2. The summed E-state index contributed by atoms with van der Waals surface area (Å²) >= 11 is 1.76. The second-order valence-electron chi connectivity index (χ2n) is 7.97. The third kappa shape index (κ3) is 4.53. The third-order valence-corrected chi connectivity index (χ3v) is 6.94. The van der Waals surface area contributed by atoms with E-state index < -0.39 is 12.0 Å². The van der Waals surface area contributed by atoms with Crippen molar-refractivity contribution in [1.29, 1.82) is 0 Å². The van der Waals surface area contributed by atoms with E-state index in [-0.39, 0.29) is 19.1 Å². The second kappa shape index (κ2) is 9.13. The van der Waals surface area contributed by atoms with Crippen molar-refractivity contribution in [2.75, 3.05) is 26.2 Å². The Morgan fingerprint density at radius 3 is 2.59 bits per heavy atom. The van der Waals surface area contributed by atoms with E-state index >= 15 is 0 Å². The number of nitrogens with one attached hydrogen (secondary N) is 2. The number of hydrogen-bond donors (Lipinski definition) is 2. The zero-order chi connectivity index (χ0) is 21.9. The number of likely N-dealkylation sites (tertiary alicyclic amines) is 1. The van der Waals surface area contributed by atoms with Crippen LogP contribution < -0.4 is 20.3 Å². The zero-order valence-electron chi connectivity index (χ0n) is 17.5. The standard InChI is InChI=1S/C23H24N4O4S/c28-21(25-26-22(29)19-14-30-17-6-2-3-7-18(17)31-19)13-27-11-9-15(10-12-27)23-24-16-5-1-4-8-20(16)32-23/h1-8,15,19H,9-14H2,(H,25,28)(H,26,29)/t19-/m1/s1. The number of amides is 2. The average Bonchev–Trinajstić information content (AvgIpc) is 3.27. The number of hydrogen-bond acceptors (Lipinski definition) is 7. The van der Waals surface area contributed by atoms with E-state index in [4.69, 9.17) is 14.5 Å². The van der Waals surface area contributed by atoms with Crippen LogP contribution in [-0.2, 0) is 9.59 Å². The lowest BCUT2D eigenvalue weighted by Gasteiger charge is -2.30. The molecule has 0 saturated carbocycles. The summed E-state index contributed by atoms with van der Waals surface area (Å²) in [5.41, 5.74) is 5.99. The lowest BCUT2D eigenvalue weighted by Crippen LogP contribution is -2.53. The normalized spacial score (nSPS) is 18.9. The summed E-state index contributed by atoms with van der Waals surface area (Å²) in [5, 5.41) is 1.18. The first-order chi connectivity index (χ1) is 15.7. The van der Waals surface area contributed by atoms with Crippen molar-refractivity contribution in [1.82, 2.24) is 20.7 Å². The minimum Gasteiger partial charge on any atom is -0.485 e. The van der Waals surface area contributed by atoms with Gasteiger partial charge < -0.3 is 9.47 Å². The molecule has 1 fully saturated rings. The number of ether oxygens (including phenoxy) is 2. The van der Waals surface area contributed by atoms with Crippen LogP contribution in [0.2, 0.25) is 0 Å². The van der Waals surface area contributed by atoms with Crippen LogP contribution in [0.4, 0.5) is 0 Å². The first-order valence-electron chi connectivity index (χ1n) is 10.7. The molecule has 1 aromatic heterocycles. The Kier molecular flexibility index (Phi) is 5.91. The molecule has 0 aliphatic carbocycles. The number of nitrogens with zero attached hydrogens (tertiary/aromatic N) is 2. The van der Waals surface area contributed by atoms with Crippen LogP contribution >= 0.6 is 11.3 Å². The van der Waals surface area contributed by atoms with Crippen molar-refractivity contribution >= 4 is 33.4 Å². The van der Waals surface area contributed by atoms with Gasteiger partial charge in [-0.1, -0.05) is 24.3 Å². The maximum Gasteiger partial charge on any atom is 0.283 e. The molecule has 0 unspecified atom stereocenters. The topological polar surface area (TPSA) is 92.8 Å². The van der Waals surface area contributed by atoms with E-state index in [1.807, 2.05) is 30.3 Å². The molecule has 2 aromatic carbocycles. The SMILES string of the molecule is O=C(CN1CCC(c2nc3ccccc3s2)CC1)NNC(=O)[C@H]1COc2ccccc2O1. The van der Waals surface area contributed by atoms with Crippen LogP contribution in [0, 0.1) is 0 Å². The van der Waals surface area contributed by atoms with Crippen LogP contribution in [0.5, 0.6) is 11.5 Å². The van der Waals surface area contributed by atoms with Gasteiger partial charge in [-0.15, -0.1) is 11.3 Å². The summed E-state index contributed by atoms with van der Waals surface area (Å²) in [4.78, 5) is 31.5. The van der Waals surface area contributed by atoms with Gasteiger partial charge >= 0.3 is 0 Å². The second-order valence-corrected chi connectivity index (χ2v) is 9.03. The average molecular weight is 453 g/mol. The van der Waals surface area contributed by atoms with E-state index in [0.717, 1.165) is 31.4 Å². The van der Waals surface area contributed by atoms with E-state index in [1.54, 1.807) is 23.5 Å². The number of aromatic nitrogens is 1. The van der Waals surface area contributed by atoms with Crippen LogP contribution in [0.15, 0.2) is 48.5 Å². The molecule has 2 aliphatic heterocycles. The molecule has 3 heterocycles. The lowest BCUT2D eigenvalue weighted by atomic mass is 9.97. The van der Waals surface area contributed by atoms with Gasteiger partial charge in [0.1, 0.15) is 6.61 Å². The minimum atomic E-state index is -0.810. The first-order valence-corrected chi connectivity index (χ1v) is 11.5. The molecular weight excluding hydrogens is 428 g/mol. The van der Waals surface area contributed by atoms with Crippen molar-refractivity contribution in [2.45, 2.75) is 24.9 Å². The summed E-state index contributed by atoms with van der Waals surface area (Å²) in [6.07, 6.45) is 1.12. The fourth-order valence-corrected chi connectivity index (χ4v) is 5.14. The monoisotopic (exact) mass is 452 g/mol. The molecule has 32 heavy (non-hydrogen) atoms. The summed E-state index contributed by atoms with van der Waals surface area (Å²) in [6, 6.07) is 15.4. The molecule has 3 aromatic rings. The van der Waals surface area contributed by atoms with Gasteiger partial charge in [0, 0.05) is 5.92 Å². The number of hydrazine groups is 1. The van der Waals surface area contributed by atoms with Crippen molar-refractivity contribution in [2.24, 2.45) is 0 Å². The summed E-state index contributed by atoms with van der Waals surface area (Å²) in [5.74, 6) is 0.852. The van der Waals surface area contributed by atoms with E-state index in [9.17, 15) is 9.59 Å². The van der Waals surface area contributed by atoms with Crippen LogP contribution in [0.25, 0.3) is 10.2 Å². The smallest absolute Gasteiger partial charge is 0.283 e. The molecule has 5 rings (SSSR count). The molecule has 2 amide bonds. The Morgan fingerprint density at radius 1 is 1.03 bits per heavy atom. The van der Waals surface area contributed by atoms with Crippen LogP contribution in [-0.4, -0.2) is 54.0 Å². The highest BCUT2D eigenvalue weighted by molar-refractivity contribution is 7.18. The molecule has 9 heteroatoms. The molecule has 0 bridgehead atoms. The van der Waals surface area contributed by atoms with Gasteiger partial charge in [-0.05, 0) is 50.2 Å². The maximum atomic E-state index is 12.3. The summed E-state index contributed by atoms with van der Waals surface area (Å²) < 4.78 is 12.4. The largest absolute Gasteiger partial charge is 0.485 e. The summed E-state index contributed by atoms with van der Waals surface area (Å²) in [6.45, 7) is 1.96. The number of carbonyl (C=O) groups is 2. The van der Waals surface area contributed by atoms with E-state index in [2.05, 4.69) is 21.8 Å². The number of para-hydroxylation sites is 3. The number of benzene rings is 2. The number of thiazole rings is 1. The van der Waals surface area contributed by atoms with Crippen molar-refractivity contribution in [3.8, 4) is 11.5 Å². The van der Waals surface area contributed by atoms with Gasteiger partial charge in [-0.3, -0.25) is 25.3 Å². The molecule has 0 spiro atoms. The first kappa shape index (κ1) is 20.7. The van der Waals surface area contributed by atoms with Gasteiger partial charge in [-0.2, -0.15) is 0 Å². The van der Waals surface area contributed by atoms with Gasteiger partial charge in [0.15, 0.2) is 11.5 Å². The Hall–Kier alpha value is -3.17. The quantitative estimate of drug-likeness (QED) is 0.591. The molecule has 1 saturated heterocycles. The Labute approximate surface area is 189 Å². The van der Waals surface area contributed by atoms with Gasteiger partial charge in [-0.25, -0.2) is 4.98 Å². The molecule has 166 valence electrons. The van der Waals surface area contributed by atoms with Crippen molar-refractivity contribution in [3.63, 3.8) is 0 Å². The predicted molar refractivity (Wildman–Crippen MR) is 121 cm³/mol. The van der Waals surface area contributed by atoms with Gasteiger partial charge in [0.05, 0.1) is 21.8 Å². The minimum absolute atomic E-state index is 0.0952. The Morgan fingerprint density at radius 2 is 1.78 bits per heavy atom. The lowest BCUT2D eigenvalue weighted by molar-refractivity contribution is -0.135. The fourth-order valence-electron chi connectivity index (χ4n) is 4.01. The predicted octanol–water partition coefficient (Wildman–Crippen LogP) is 2.46. The van der Waals surface area contributed by atoms with Crippen molar-refractivity contribution < 1.29 is 19.1 Å². The Balaban J connectivity index is 1.06.